The third-order valence-electron chi connectivity index (χ3n) is 3.95. The largest absolute Gasteiger partial charge is 0.439 e. The van der Waals surface area contributed by atoms with Crippen molar-refractivity contribution in [3.63, 3.8) is 0 Å². The number of pyridine rings is 1. The molecule has 1 aliphatic rings. The fourth-order valence-electron chi connectivity index (χ4n) is 2.70. The topological polar surface area (TPSA) is 71.5 Å². The number of nitrogens with one attached hydrogen (secondary N) is 1. The normalized spacial score (nSPS) is 16.7. The first kappa shape index (κ1) is 20.7. The number of hydrogen-bond donors (Lipinski definition) is 1. The predicted molar refractivity (Wildman–Crippen MR) is 114 cm³/mol. The maximum absolute atomic E-state index is 12.9. The van der Waals surface area contributed by atoms with Crippen LogP contribution in [0.1, 0.15) is 31.1 Å². The minimum absolute atomic E-state index is 0.131. The zero-order chi connectivity index (χ0) is 20.3. The van der Waals surface area contributed by atoms with Gasteiger partial charge in [-0.15, -0.1) is 11.8 Å². The van der Waals surface area contributed by atoms with Crippen molar-refractivity contribution >= 4 is 39.5 Å². The molecule has 0 radical (unpaired) electrons. The Morgan fingerprint density at radius 1 is 1.29 bits per heavy atom. The SMILES string of the molecule is CC(C)(C)NC(=O)[C@H]1CSCN1C(=O)c1ccc(Oc2cccc(Br)c2)nc1. The zero-order valence-electron chi connectivity index (χ0n) is 15.9. The van der Waals surface area contributed by atoms with Gasteiger partial charge in [0.25, 0.3) is 5.91 Å². The van der Waals surface area contributed by atoms with Gasteiger partial charge in [0.2, 0.25) is 11.8 Å². The Labute approximate surface area is 177 Å². The third-order valence-corrected chi connectivity index (χ3v) is 5.45. The van der Waals surface area contributed by atoms with E-state index in [0.717, 1.165) is 4.47 Å². The van der Waals surface area contributed by atoms with Crippen LogP contribution in [0.15, 0.2) is 47.1 Å². The van der Waals surface area contributed by atoms with Gasteiger partial charge in [0, 0.05) is 28.0 Å². The number of nitrogens with zero attached hydrogens (tertiary/aromatic N) is 2. The van der Waals surface area contributed by atoms with Crippen molar-refractivity contribution in [2.45, 2.75) is 32.4 Å². The first-order valence-corrected chi connectivity index (χ1v) is 10.8. The molecule has 0 bridgehead atoms. The van der Waals surface area contributed by atoms with Crippen LogP contribution in [0, 0.1) is 0 Å². The van der Waals surface area contributed by atoms with Gasteiger partial charge in [-0.05, 0) is 45.0 Å². The molecular formula is C20H22BrN3O3S. The quantitative estimate of drug-likeness (QED) is 0.739. The third kappa shape index (κ3) is 5.26. The van der Waals surface area contributed by atoms with Crippen molar-refractivity contribution in [3.8, 4) is 11.6 Å². The number of thioether (sulfide) groups is 1. The summed E-state index contributed by atoms with van der Waals surface area (Å²) in [6, 6.07) is 10.3. The number of amides is 2. The van der Waals surface area contributed by atoms with E-state index < -0.39 is 6.04 Å². The summed E-state index contributed by atoms with van der Waals surface area (Å²) in [4.78, 5) is 31.2. The first-order valence-electron chi connectivity index (χ1n) is 8.83. The average molecular weight is 464 g/mol. The van der Waals surface area contributed by atoms with Crippen molar-refractivity contribution in [2.24, 2.45) is 0 Å². The Morgan fingerprint density at radius 2 is 2.07 bits per heavy atom. The lowest BCUT2D eigenvalue weighted by atomic mass is 10.1. The highest BCUT2D eigenvalue weighted by Crippen LogP contribution is 2.26. The summed E-state index contributed by atoms with van der Waals surface area (Å²) < 4.78 is 6.60. The van der Waals surface area contributed by atoms with Gasteiger partial charge in [-0.2, -0.15) is 0 Å². The van der Waals surface area contributed by atoms with E-state index >= 15 is 0 Å². The minimum atomic E-state index is -0.477. The smallest absolute Gasteiger partial charge is 0.256 e. The molecule has 2 aromatic rings. The first-order chi connectivity index (χ1) is 13.2. The molecule has 2 heterocycles. The lowest BCUT2D eigenvalue weighted by Crippen LogP contribution is -2.52. The molecular weight excluding hydrogens is 442 g/mol. The van der Waals surface area contributed by atoms with Crippen LogP contribution in [0.4, 0.5) is 0 Å². The number of aromatic nitrogens is 1. The van der Waals surface area contributed by atoms with Gasteiger partial charge >= 0.3 is 0 Å². The Kier molecular flexibility index (Phi) is 6.30. The van der Waals surface area contributed by atoms with Gasteiger partial charge in [-0.1, -0.05) is 22.0 Å². The van der Waals surface area contributed by atoms with Gasteiger partial charge in [0.1, 0.15) is 11.8 Å². The number of ether oxygens (including phenoxy) is 1. The second-order valence-electron chi connectivity index (χ2n) is 7.47. The van der Waals surface area contributed by atoms with Crippen LogP contribution < -0.4 is 10.1 Å². The molecule has 0 saturated carbocycles. The van der Waals surface area contributed by atoms with E-state index in [-0.39, 0.29) is 17.4 Å². The molecule has 2 amide bonds. The summed E-state index contributed by atoms with van der Waals surface area (Å²) in [6.45, 7) is 5.77. The molecule has 1 aromatic heterocycles. The van der Waals surface area contributed by atoms with Gasteiger partial charge in [0.05, 0.1) is 11.4 Å². The molecule has 28 heavy (non-hydrogen) atoms. The van der Waals surface area contributed by atoms with Crippen LogP contribution in [0.25, 0.3) is 0 Å². The molecule has 3 rings (SSSR count). The summed E-state index contributed by atoms with van der Waals surface area (Å²) in [7, 11) is 0. The number of hydrogen-bond acceptors (Lipinski definition) is 5. The molecule has 1 N–H and O–H groups in total. The molecule has 8 heteroatoms. The van der Waals surface area contributed by atoms with E-state index in [1.807, 2.05) is 45.0 Å². The summed E-state index contributed by atoms with van der Waals surface area (Å²) in [5.41, 5.74) is 0.0871. The van der Waals surface area contributed by atoms with Gasteiger partial charge in [-0.3, -0.25) is 9.59 Å². The van der Waals surface area contributed by atoms with Crippen LogP contribution in [0.2, 0.25) is 0 Å². The summed E-state index contributed by atoms with van der Waals surface area (Å²) in [5, 5.41) is 2.95. The fraction of sp³-hybridized carbons (Fsp3) is 0.350. The summed E-state index contributed by atoms with van der Waals surface area (Å²) >= 11 is 4.96. The highest BCUT2D eigenvalue weighted by atomic mass is 79.9. The Balaban J connectivity index is 1.69. The maximum atomic E-state index is 12.9. The highest BCUT2D eigenvalue weighted by molar-refractivity contribution is 9.10. The monoisotopic (exact) mass is 463 g/mol. The van der Waals surface area contributed by atoms with Crippen LogP contribution >= 0.6 is 27.7 Å². The van der Waals surface area contributed by atoms with Crippen molar-refractivity contribution in [1.82, 2.24) is 15.2 Å². The van der Waals surface area contributed by atoms with Crippen LogP contribution in [-0.4, -0.2) is 44.9 Å². The van der Waals surface area contributed by atoms with Crippen LogP contribution in [0.3, 0.4) is 0 Å². The van der Waals surface area contributed by atoms with Crippen LogP contribution in [0.5, 0.6) is 11.6 Å². The number of carbonyl (C=O) groups is 2. The van der Waals surface area contributed by atoms with Crippen molar-refractivity contribution in [3.05, 3.63) is 52.6 Å². The highest BCUT2D eigenvalue weighted by Gasteiger charge is 2.36. The van der Waals surface area contributed by atoms with Crippen molar-refractivity contribution < 1.29 is 14.3 Å². The second kappa shape index (κ2) is 8.53. The molecule has 0 unspecified atom stereocenters. The van der Waals surface area contributed by atoms with Gasteiger partial charge in [-0.25, -0.2) is 4.98 Å². The molecule has 1 aromatic carbocycles. The predicted octanol–water partition coefficient (Wildman–Crippen LogP) is 4.07. The Hall–Kier alpha value is -2.06. The summed E-state index contributed by atoms with van der Waals surface area (Å²) in [5.74, 6) is 1.78. The fourth-order valence-corrected chi connectivity index (χ4v) is 4.23. The molecule has 6 nitrogen and oxygen atoms in total. The van der Waals surface area contributed by atoms with Gasteiger partial charge in [0.15, 0.2) is 0 Å². The second-order valence-corrected chi connectivity index (χ2v) is 9.39. The Bertz CT molecular complexity index is 868. The number of rotatable bonds is 4. The molecule has 0 aliphatic carbocycles. The molecule has 1 aliphatic heterocycles. The molecule has 1 saturated heterocycles. The number of benzene rings is 1. The number of halogens is 1. The lowest BCUT2D eigenvalue weighted by molar-refractivity contribution is -0.125. The van der Waals surface area contributed by atoms with Crippen LogP contribution in [-0.2, 0) is 4.79 Å². The maximum Gasteiger partial charge on any atom is 0.256 e. The van der Waals surface area contributed by atoms with E-state index in [0.29, 0.717) is 28.8 Å². The molecule has 1 fully saturated rings. The van der Waals surface area contributed by atoms with Crippen molar-refractivity contribution in [1.29, 1.82) is 0 Å². The minimum Gasteiger partial charge on any atom is -0.439 e. The van der Waals surface area contributed by atoms with Crippen molar-refractivity contribution in [2.75, 3.05) is 11.6 Å². The van der Waals surface area contributed by atoms with E-state index in [1.54, 1.807) is 28.8 Å². The molecule has 1 atom stereocenters. The standard InChI is InChI=1S/C20H22BrN3O3S/c1-20(2,3)23-18(25)16-11-28-12-24(16)19(26)13-7-8-17(22-10-13)27-15-6-4-5-14(21)9-15/h4-10,16H,11-12H2,1-3H3,(H,23,25)/t16-/m1/s1. The van der Waals surface area contributed by atoms with E-state index in [1.165, 1.54) is 6.20 Å². The van der Waals surface area contributed by atoms with Gasteiger partial charge < -0.3 is 15.0 Å². The zero-order valence-corrected chi connectivity index (χ0v) is 18.3. The summed E-state index contributed by atoms with van der Waals surface area (Å²) in [6.07, 6.45) is 1.48. The molecule has 148 valence electrons. The number of carbonyl (C=O) groups excluding carboxylic acids is 2. The van der Waals surface area contributed by atoms with E-state index in [2.05, 4.69) is 26.2 Å². The van der Waals surface area contributed by atoms with E-state index in [9.17, 15) is 9.59 Å². The van der Waals surface area contributed by atoms with E-state index in [4.69, 9.17) is 4.74 Å². The molecule has 0 spiro atoms. The lowest BCUT2D eigenvalue weighted by Gasteiger charge is -2.27. The average Bonchev–Trinajstić information content (AvgIpc) is 3.10. The Morgan fingerprint density at radius 3 is 2.71 bits per heavy atom.